The van der Waals surface area contributed by atoms with Crippen molar-refractivity contribution in [2.24, 2.45) is 5.73 Å². The summed E-state index contributed by atoms with van der Waals surface area (Å²) in [6, 6.07) is 0. The molecule has 0 fully saturated rings. The topological polar surface area (TPSA) is 35.2 Å². The van der Waals surface area contributed by atoms with Crippen molar-refractivity contribution in [1.82, 2.24) is 0 Å². The maximum Gasteiger partial charge on any atom is 0.107 e. The fourth-order valence-corrected chi connectivity index (χ4v) is 0.258. The lowest BCUT2D eigenvalue weighted by atomic mass is 10.4. The van der Waals surface area contributed by atoms with Crippen molar-refractivity contribution < 1.29 is 4.74 Å². The molecule has 0 saturated heterocycles. The molecule has 0 heterocycles. The highest BCUT2D eigenvalue weighted by atomic mass is 35.5. The van der Waals surface area contributed by atoms with Gasteiger partial charge in [0.15, 0.2) is 0 Å². The van der Waals surface area contributed by atoms with Gasteiger partial charge >= 0.3 is 0 Å². The first-order valence-corrected chi connectivity index (χ1v) is 2.56. The molecule has 0 saturated carbocycles. The van der Waals surface area contributed by atoms with Crippen molar-refractivity contribution in [1.29, 1.82) is 0 Å². The summed E-state index contributed by atoms with van der Waals surface area (Å²) in [5.74, 6) is 2.36. The first-order valence-electron chi connectivity index (χ1n) is 2.56. The summed E-state index contributed by atoms with van der Waals surface area (Å²) in [7, 11) is 0. The maximum absolute atomic E-state index is 5.22. The van der Waals surface area contributed by atoms with E-state index in [1.54, 1.807) is 0 Å². The molecule has 1 atom stereocenters. The zero-order valence-corrected chi connectivity index (χ0v) is 6.28. The van der Waals surface area contributed by atoms with Gasteiger partial charge in [0.05, 0.1) is 6.10 Å². The SMILES string of the molecule is C#CCOC(C)CN.Cl. The third-order valence-electron chi connectivity index (χ3n) is 0.783. The Morgan fingerprint density at radius 3 is 2.67 bits per heavy atom. The zero-order valence-electron chi connectivity index (χ0n) is 5.46. The van der Waals surface area contributed by atoms with Gasteiger partial charge in [-0.3, -0.25) is 0 Å². The molecule has 3 heteroatoms. The van der Waals surface area contributed by atoms with Gasteiger partial charge in [0.25, 0.3) is 0 Å². The van der Waals surface area contributed by atoms with E-state index in [0.29, 0.717) is 13.2 Å². The van der Waals surface area contributed by atoms with Crippen LogP contribution in [0.2, 0.25) is 0 Å². The van der Waals surface area contributed by atoms with Gasteiger partial charge < -0.3 is 10.5 Å². The summed E-state index contributed by atoms with van der Waals surface area (Å²) in [4.78, 5) is 0. The Morgan fingerprint density at radius 2 is 2.33 bits per heavy atom. The van der Waals surface area contributed by atoms with Crippen molar-refractivity contribution in [2.45, 2.75) is 13.0 Å². The second-order valence-electron chi connectivity index (χ2n) is 1.56. The monoisotopic (exact) mass is 149 g/mol. The second-order valence-corrected chi connectivity index (χ2v) is 1.56. The third-order valence-corrected chi connectivity index (χ3v) is 0.783. The predicted octanol–water partition coefficient (Wildman–Crippen LogP) is 0.405. The van der Waals surface area contributed by atoms with Crippen LogP contribution in [0.4, 0.5) is 0 Å². The lowest BCUT2D eigenvalue weighted by Gasteiger charge is -2.05. The average molecular weight is 150 g/mol. The maximum atomic E-state index is 5.22. The van der Waals surface area contributed by atoms with E-state index >= 15 is 0 Å². The van der Waals surface area contributed by atoms with Crippen molar-refractivity contribution in [3.8, 4) is 12.3 Å². The van der Waals surface area contributed by atoms with E-state index in [0.717, 1.165) is 0 Å². The van der Waals surface area contributed by atoms with Crippen LogP contribution < -0.4 is 5.73 Å². The van der Waals surface area contributed by atoms with Crippen LogP contribution in [0.25, 0.3) is 0 Å². The highest BCUT2D eigenvalue weighted by molar-refractivity contribution is 5.85. The van der Waals surface area contributed by atoms with Crippen LogP contribution in [0, 0.1) is 12.3 Å². The highest BCUT2D eigenvalue weighted by Crippen LogP contribution is 1.83. The lowest BCUT2D eigenvalue weighted by Crippen LogP contribution is -2.19. The molecule has 0 aromatic heterocycles. The summed E-state index contributed by atoms with van der Waals surface area (Å²) >= 11 is 0. The van der Waals surface area contributed by atoms with Gasteiger partial charge in [0.2, 0.25) is 0 Å². The van der Waals surface area contributed by atoms with E-state index in [2.05, 4.69) is 5.92 Å². The third kappa shape index (κ3) is 7.77. The number of rotatable bonds is 3. The minimum Gasteiger partial charge on any atom is -0.365 e. The Balaban J connectivity index is 0. The molecule has 0 aromatic carbocycles. The van der Waals surface area contributed by atoms with Crippen LogP contribution in [0.1, 0.15) is 6.92 Å². The smallest absolute Gasteiger partial charge is 0.107 e. The molecule has 2 nitrogen and oxygen atoms in total. The van der Waals surface area contributed by atoms with Crippen LogP contribution in [-0.2, 0) is 4.74 Å². The van der Waals surface area contributed by atoms with Gasteiger partial charge in [0, 0.05) is 6.54 Å². The van der Waals surface area contributed by atoms with Gasteiger partial charge in [-0.15, -0.1) is 18.8 Å². The number of nitrogens with two attached hydrogens (primary N) is 1. The number of ether oxygens (including phenoxy) is 1. The Bertz CT molecular complexity index is 89.5. The van der Waals surface area contributed by atoms with E-state index in [4.69, 9.17) is 16.9 Å². The van der Waals surface area contributed by atoms with Gasteiger partial charge in [0.1, 0.15) is 6.61 Å². The van der Waals surface area contributed by atoms with E-state index in [1.165, 1.54) is 0 Å². The molecule has 54 valence electrons. The molecule has 0 bridgehead atoms. The molecule has 0 radical (unpaired) electrons. The first-order chi connectivity index (χ1) is 3.81. The normalized spacial score (nSPS) is 11.2. The molecular weight excluding hydrogens is 138 g/mol. The van der Waals surface area contributed by atoms with Crippen LogP contribution >= 0.6 is 12.4 Å². The summed E-state index contributed by atoms with van der Waals surface area (Å²) in [6.45, 7) is 2.78. The van der Waals surface area contributed by atoms with Crippen LogP contribution in [-0.4, -0.2) is 19.3 Å². The minimum atomic E-state index is 0. The van der Waals surface area contributed by atoms with Gasteiger partial charge in [-0.25, -0.2) is 0 Å². The Kier molecular flexibility index (Phi) is 9.97. The predicted molar refractivity (Wildman–Crippen MR) is 40.5 cm³/mol. The fourth-order valence-electron chi connectivity index (χ4n) is 0.258. The molecule has 0 aliphatic carbocycles. The standard InChI is InChI=1S/C6H11NO.ClH/c1-3-4-8-6(2)5-7;/h1,6H,4-5,7H2,2H3;1H. The molecule has 1 unspecified atom stereocenters. The van der Waals surface area contributed by atoms with E-state index in [-0.39, 0.29) is 18.5 Å². The summed E-state index contributed by atoms with van der Waals surface area (Å²) in [5, 5.41) is 0. The highest BCUT2D eigenvalue weighted by Gasteiger charge is 1.93. The van der Waals surface area contributed by atoms with E-state index in [9.17, 15) is 0 Å². The van der Waals surface area contributed by atoms with Crippen LogP contribution in [0.3, 0.4) is 0 Å². The van der Waals surface area contributed by atoms with E-state index in [1.807, 2.05) is 6.92 Å². The quantitative estimate of drug-likeness (QED) is 0.590. The molecule has 2 N–H and O–H groups in total. The average Bonchev–Trinajstić information content (AvgIpc) is 1.83. The molecule has 0 aliphatic rings. The molecule has 0 amide bonds. The number of terminal acetylenes is 1. The summed E-state index contributed by atoms with van der Waals surface area (Å²) in [5.41, 5.74) is 5.22. The first kappa shape index (κ1) is 11.6. The lowest BCUT2D eigenvalue weighted by molar-refractivity contribution is 0.0987. The summed E-state index contributed by atoms with van der Waals surface area (Å²) in [6.07, 6.45) is 5.00. The van der Waals surface area contributed by atoms with Gasteiger partial charge in [-0.05, 0) is 6.92 Å². The number of hydrogen-bond acceptors (Lipinski definition) is 2. The Hall–Kier alpha value is -0.230. The molecule has 0 aromatic rings. The van der Waals surface area contributed by atoms with Gasteiger partial charge in [-0.2, -0.15) is 0 Å². The number of halogens is 1. The second kappa shape index (κ2) is 7.77. The van der Waals surface area contributed by atoms with Crippen molar-refractivity contribution in [3.05, 3.63) is 0 Å². The molecule has 9 heavy (non-hydrogen) atoms. The van der Waals surface area contributed by atoms with Crippen molar-refractivity contribution >= 4 is 12.4 Å². The van der Waals surface area contributed by atoms with Crippen molar-refractivity contribution in [3.63, 3.8) is 0 Å². The molecule has 0 aliphatic heterocycles. The van der Waals surface area contributed by atoms with E-state index < -0.39 is 0 Å². The van der Waals surface area contributed by atoms with Crippen molar-refractivity contribution in [2.75, 3.05) is 13.2 Å². The number of hydrogen-bond donors (Lipinski definition) is 1. The summed E-state index contributed by atoms with van der Waals surface area (Å²) < 4.78 is 4.98. The zero-order chi connectivity index (χ0) is 6.41. The molecular formula is C6H12ClNO. The molecule has 0 rings (SSSR count). The van der Waals surface area contributed by atoms with Gasteiger partial charge in [-0.1, -0.05) is 5.92 Å². The fraction of sp³-hybridized carbons (Fsp3) is 0.667. The van der Waals surface area contributed by atoms with Crippen LogP contribution in [0.15, 0.2) is 0 Å². The largest absolute Gasteiger partial charge is 0.365 e. The Morgan fingerprint density at radius 1 is 1.78 bits per heavy atom. The Labute approximate surface area is 62.2 Å². The molecule has 0 spiro atoms. The minimum absolute atomic E-state index is 0. The van der Waals surface area contributed by atoms with Crippen LogP contribution in [0.5, 0.6) is 0 Å².